The summed E-state index contributed by atoms with van der Waals surface area (Å²) in [6, 6.07) is 2.49. The molecule has 0 aliphatic heterocycles. The Hall–Kier alpha value is -0.790. The molecular weight excluding hydrogens is 136 g/mol. The minimum Gasteiger partial charge on any atom is -0.270 e. The van der Waals surface area contributed by atoms with Crippen molar-refractivity contribution >= 4 is 0 Å². The fraction of sp³-hybridized carbons (Fsp3) is 0.667. The first-order chi connectivity index (χ1) is 5.25. The van der Waals surface area contributed by atoms with Crippen molar-refractivity contribution in [3.05, 3.63) is 18.5 Å². The van der Waals surface area contributed by atoms with Crippen LogP contribution < -0.4 is 0 Å². The fourth-order valence-corrected chi connectivity index (χ4v) is 1.12. The van der Waals surface area contributed by atoms with E-state index in [4.69, 9.17) is 0 Å². The van der Waals surface area contributed by atoms with Crippen molar-refractivity contribution in [3.8, 4) is 0 Å². The van der Waals surface area contributed by atoms with Gasteiger partial charge in [0.2, 0.25) is 0 Å². The van der Waals surface area contributed by atoms with Crippen LogP contribution in [0.15, 0.2) is 18.5 Å². The molecule has 1 aromatic rings. The van der Waals surface area contributed by atoms with Gasteiger partial charge in [-0.1, -0.05) is 20.3 Å². The highest BCUT2D eigenvalue weighted by molar-refractivity contribution is 4.81. The van der Waals surface area contributed by atoms with Crippen LogP contribution in [-0.2, 0) is 0 Å². The summed E-state index contributed by atoms with van der Waals surface area (Å²) in [5.74, 6) is 0.704. The molecule has 62 valence electrons. The summed E-state index contributed by atoms with van der Waals surface area (Å²) in [6.07, 6.45) is 5.07. The zero-order chi connectivity index (χ0) is 8.27. The van der Waals surface area contributed by atoms with Crippen LogP contribution in [0.4, 0.5) is 0 Å². The molecule has 0 amide bonds. The second-order valence-corrected chi connectivity index (χ2v) is 3.11. The molecule has 0 spiro atoms. The first-order valence-electron chi connectivity index (χ1n) is 4.24. The molecule has 0 fully saturated rings. The Bertz CT molecular complexity index is 191. The molecule has 0 saturated heterocycles. The zero-order valence-corrected chi connectivity index (χ0v) is 7.49. The van der Waals surface area contributed by atoms with Crippen molar-refractivity contribution in [2.75, 3.05) is 0 Å². The molecule has 2 unspecified atom stereocenters. The average Bonchev–Trinajstić information content (AvgIpc) is 2.53. The van der Waals surface area contributed by atoms with Crippen molar-refractivity contribution in [1.29, 1.82) is 0 Å². The summed E-state index contributed by atoms with van der Waals surface area (Å²) in [5.41, 5.74) is 0. The lowest BCUT2D eigenvalue weighted by atomic mass is 10.0. The van der Waals surface area contributed by atoms with E-state index in [0.29, 0.717) is 12.0 Å². The van der Waals surface area contributed by atoms with Gasteiger partial charge in [0.25, 0.3) is 0 Å². The molecule has 1 heterocycles. The SMILES string of the molecule is CCC(C)C(C)n1cccn1. The van der Waals surface area contributed by atoms with E-state index in [2.05, 4.69) is 25.9 Å². The van der Waals surface area contributed by atoms with Crippen molar-refractivity contribution in [2.24, 2.45) is 5.92 Å². The molecule has 2 nitrogen and oxygen atoms in total. The van der Waals surface area contributed by atoms with Gasteiger partial charge in [0.1, 0.15) is 0 Å². The van der Waals surface area contributed by atoms with E-state index in [1.165, 1.54) is 6.42 Å². The normalized spacial score (nSPS) is 16.3. The van der Waals surface area contributed by atoms with Gasteiger partial charge in [-0.3, -0.25) is 4.68 Å². The number of nitrogens with zero attached hydrogens (tertiary/aromatic N) is 2. The summed E-state index contributed by atoms with van der Waals surface area (Å²) in [7, 11) is 0. The lowest BCUT2D eigenvalue weighted by molar-refractivity contribution is 0.343. The van der Waals surface area contributed by atoms with Gasteiger partial charge in [-0.05, 0) is 18.9 Å². The molecule has 0 aliphatic rings. The standard InChI is InChI=1S/C9H16N2/c1-4-8(2)9(3)11-7-5-6-10-11/h5-9H,4H2,1-3H3. The highest BCUT2D eigenvalue weighted by atomic mass is 15.3. The summed E-state index contributed by atoms with van der Waals surface area (Å²) in [5, 5.41) is 4.20. The Kier molecular flexibility index (Phi) is 2.69. The quantitative estimate of drug-likeness (QED) is 0.650. The monoisotopic (exact) mass is 152 g/mol. The van der Waals surface area contributed by atoms with E-state index in [0.717, 1.165) is 0 Å². The van der Waals surface area contributed by atoms with Crippen molar-refractivity contribution in [2.45, 2.75) is 33.2 Å². The minimum absolute atomic E-state index is 0.523. The van der Waals surface area contributed by atoms with Crippen LogP contribution in [0.5, 0.6) is 0 Å². The molecule has 0 saturated carbocycles. The van der Waals surface area contributed by atoms with Crippen molar-refractivity contribution in [3.63, 3.8) is 0 Å². The lowest BCUT2D eigenvalue weighted by Crippen LogP contribution is -2.13. The Morgan fingerprint density at radius 3 is 2.64 bits per heavy atom. The van der Waals surface area contributed by atoms with Crippen molar-refractivity contribution in [1.82, 2.24) is 9.78 Å². The van der Waals surface area contributed by atoms with Gasteiger partial charge in [-0.15, -0.1) is 0 Å². The number of rotatable bonds is 3. The third-order valence-corrected chi connectivity index (χ3v) is 2.41. The van der Waals surface area contributed by atoms with Crippen LogP contribution in [0, 0.1) is 5.92 Å². The first kappa shape index (κ1) is 8.31. The lowest BCUT2D eigenvalue weighted by Gasteiger charge is -2.18. The van der Waals surface area contributed by atoms with Crippen LogP contribution in [0.3, 0.4) is 0 Å². The molecule has 2 heteroatoms. The molecule has 11 heavy (non-hydrogen) atoms. The van der Waals surface area contributed by atoms with E-state index in [1.54, 1.807) is 0 Å². The Labute approximate surface area is 68.2 Å². The zero-order valence-electron chi connectivity index (χ0n) is 7.49. The fourth-order valence-electron chi connectivity index (χ4n) is 1.12. The van der Waals surface area contributed by atoms with E-state index in [-0.39, 0.29) is 0 Å². The highest BCUT2D eigenvalue weighted by Gasteiger charge is 2.10. The van der Waals surface area contributed by atoms with E-state index >= 15 is 0 Å². The Balaban J connectivity index is 2.62. The molecule has 0 aromatic carbocycles. The van der Waals surface area contributed by atoms with E-state index < -0.39 is 0 Å². The van der Waals surface area contributed by atoms with Gasteiger partial charge < -0.3 is 0 Å². The molecule has 1 rings (SSSR count). The maximum absolute atomic E-state index is 4.20. The minimum atomic E-state index is 0.523. The highest BCUT2D eigenvalue weighted by Crippen LogP contribution is 2.18. The molecule has 0 aliphatic carbocycles. The Morgan fingerprint density at radius 1 is 1.45 bits per heavy atom. The second kappa shape index (κ2) is 3.56. The molecule has 2 atom stereocenters. The van der Waals surface area contributed by atoms with Gasteiger partial charge in [-0.25, -0.2) is 0 Å². The molecular formula is C9H16N2. The first-order valence-corrected chi connectivity index (χ1v) is 4.24. The molecule has 0 bridgehead atoms. The summed E-state index contributed by atoms with van der Waals surface area (Å²) >= 11 is 0. The van der Waals surface area contributed by atoms with Gasteiger partial charge in [0.05, 0.1) is 6.04 Å². The van der Waals surface area contributed by atoms with E-state index in [9.17, 15) is 0 Å². The van der Waals surface area contributed by atoms with Crippen LogP contribution >= 0.6 is 0 Å². The average molecular weight is 152 g/mol. The van der Waals surface area contributed by atoms with Gasteiger partial charge in [-0.2, -0.15) is 5.10 Å². The second-order valence-electron chi connectivity index (χ2n) is 3.11. The van der Waals surface area contributed by atoms with E-state index in [1.807, 2.05) is 23.1 Å². The van der Waals surface area contributed by atoms with Crippen LogP contribution in [-0.4, -0.2) is 9.78 Å². The number of hydrogen-bond acceptors (Lipinski definition) is 1. The molecule has 0 N–H and O–H groups in total. The summed E-state index contributed by atoms with van der Waals surface area (Å²) in [4.78, 5) is 0. The number of hydrogen-bond donors (Lipinski definition) is 0. The summed E-state index contributed by atoms with van der Waals surface area (Å²) < 4.78 is 2.02. The third-order valence-electron chi connectivity index (χ3n) is 2.41. The Morgan fingerprint density at radius 2 is 2.18 bits per heavy atom. The predicted molar refractivity (Wildman–Crippen MR) is 46.4 cm³/mol. The van der Waals surface area contributed by atoms with Crippen LogP contribution in [0.25, 0.3) is 0 Å². The molecule has 0 radical (unpaired) electrons. The largest absolute Gasteiger partial charge is 0.270 e. The predicted octanol–water partition coefficient (Wildman–Crippen LogP) is 2.49. The number of aromatic nitrogens is 2. The van der Waals surface area contributed by atoms with Gasteiger partial charge in [0.15, 0.2) is 0 Å². The third kappa shape index (κ3) is 1.82. The van der Waals surface area contributed by atoms with Gasteiger partial charge >= 0.3 is 0 Å². The van der Waals surface area contributed by atoms with Crippen molar-refractivity contribution < 1.29 is 0 Å². The maximum atomic E-state index is 4.20. The molecule has 1 aromatic heterocycles. The topological polar surface area (TPSA) is 17.8 Å². The van der Waals surface area contributed by atoms with Crippen LogP contribution in [0.1, 0.15) is 33.2 Å². The van der Waals surface area contributed by atoms with Gasteiger partial charge in [0, 0.05) is 12.4 Å². The summed E-state index contributed by atoms with van der Waals surface area (Å²) in [6.45, 7) is 6.68. The maximum Gasteiger partial charge on any atom is 0.0516 e. The smallest absolute Gasteiger partial charge is 0.0516 e. The van der Waals surface area contributed by atoms with Crippen LogP contribution in [0.2, 0.25) is 0 Å².